The van der Waals surface area contributed by atoms with E-state index in [0.29, 0.717) is 18.1 Å². The lowest BCUT2D eigenvalue weighted by molar-refractivity contribution is -0.0192. The second-order valence-electron chi connectivity index (χ2n) is 6.71. The molecule has 2 aliphatic heterocycles. The summed E-state index contributed by atoms with van der Waals surface area (Å²) in [5.74, 6) is 2.86. The van der Waals surface area contributed by atoms with Crippen LogP contribution in [-0.4, -0.2) is 34.0 Å². The number of rotatable bonds is 3. The molecule has 0 N–H and O–H groups in total. The van der Waals surface area contributed by atoms with Crippen molar-refractivity contribution >= 4 is 11.0 Å². The molecule has 0 spiro atoms. The minimum Gasteiger partial charge on any atom is -0.493 e. The van der Waals surface area contributed by atoms with Crippen LogP contribution in [0.4, 0.5) is 0 Å². The molecule has 3 heterocycles. The smallest absolute Gasteiger partial charge is 0.164 e. The maximum absolute atomic E-state index is 6.39. The third kappa shape index (κ3) is 2.29. The molecule has 27 heavy (non-hydrogen) atoms. The summed E-state index contributed by atoms with van der Waals surface area (Å²) in [5, 5.41) is 0.950. The van der Waals surface area contributed by atoms with Gasteiger partial charge in [0, 0.05) is 24.3 Å². The summed E-state index contributed by atoms with van der Waals surface area (Å²) in [6.07, 6.45) is 1.33. The highest BCUT2D eigenvalue weighted by Crippen LogP contribution is 2.53. The minimum atomic E-state index is -0.173. The standard InChI is InChI=1S/C21H20O6/c1-22-16-8-13-15(9-17(16)23-2)26-10-18-19(13)21(24-3)12-4-5-14-11(6-7-25-14)20(12)27-18/h4-9,18-19,21H,10H2,1-3H3/t18-,19-,21-/m1/s1. The Hall–Kier alpha value is -2.86. The van der Waals surface area contributed by atoms with Crippen LogP contribution in [0.5, 0.6) is 23.0 Å². The van der Waals surface area contributed by atoms with Crippen molar-refractivity contribution in [2.24, 2.45) is 0 Å². The molecule has 0 bridgehead atoms. The van der Waals surface area contributed by atoms with Gasteiger partial charge in [0.2, 0.25) is 0 Å². The van der Waals surface area contributed by atoms with Gasteiger partial charge in [-0.1, -0.05) is 0 Å². The van der Waals surface area contributed by atoms with Gasteiger partial charge in [-0.3, -0.25) is 0 Å². The molecule has 3 atom stereocenters. The molecule has 6 nitrogen and oxygen atoms in total. The normalized spacial score (nSPS) is 22.9. The number of ether oxygens (including phenoxy) is 5. The van der Waals surface area contributed by atoms with Crippen molar-refractivity contribution < 1.29 is 28.1 Å². The largest absolute Gasteiger partial charge is 0.493 e. The van der Waals surface area contributed by atoms with Crippen LogP contribution in [0, 0.1) is 0 Å². The minimum absolute atomic E-state index is 0.0181. The summed E-state index contributed by atoms with van der Waals surface area (Å²) in [7, 11) is 4.97. The van der Waals surface area contributed by atoms with Crippen molar-refractivity contribution in [2.45, 2.75) is 18.1 Å². The van der Waals surface area contributed by atoms with E-state index in [0.717, 1.165) is 33.6 Å². The molecular weight excluding hydrogens is 348 g/mol. The third-order valence-corrected chi connectivity index (χ3v) is 5.45. The van der Waals surface area contributed by atoms with Gasteiger partial charge in [0.05, 0.1) is 37.9 Å². The van der Waals surface area contributed by atoms with Crippen LogP contribution in [-0.2, 0) is 4.74 Å². The molecule has 0 aliphatic carbocycles. The Labute approximate surface area is 156 Å². The molecule has 2 aliphatic rings. The number of hydrogen-bond acceptors (Lipinski definition) is 6. The molecule has 5 rings (SSSR count). The number of hydrogen-bond donors (Lipinski definition) is 0. The van der Waals surface area contributed by atoms with Crippen LogP contribution in [0.3, 0.4) is 0 Å². The van der Waals surface area contributed by atoms with E-state index in [-0.39, 0.29) is 18.1 Å². The fraction of sp³-hybridized carbons (Fsp3) is 0.333. The lowest BCUT2D eigenvalue weighted by Crippen LogP contribution is -2.42. The lowest BCUT2D eigenvalue weighted by Gasteiger charge is -2.42. The first-order valence-electron chi connectivity index (χ1n) is 8.83. The van der Waals surface area contributed by atoms with Gasteiger partial charge in [-0.2, -0.15) is 0 Å². The predicted octanol–water partition coefficient (Wildman–Crippen LogP) is 4.07. The Morgan fingerprint density at radius 1 is 0.963 bits per heavy atom. The van der Waals surface area contributed by atoms with Gasteiger partial charge in [0.25, 0.3) is 0 Å². The number of methoxy groups -OCH3 is 3. The molecule has 0 radical (unpaired) electrons. The summed E-state index contributed by atoms with van der Waals surface area (Å²) in [5.41, 5.74) is 2.80. The van der Waals surface area contributed by atoms with E-state index in [1.807, 2.05) is 30.3 Å². The molecule has 0 saturated carbocycles. The molecule has 140 valence electrons. The molecule has 2 aromatic carbocycles. The van der Waals surface area contributed by atoms with E-state index in [1.54, 1.807) is 27.6 Å². The number of furan rings is 1. The van der Waals surface area contributed by atoms with Crippen molar-refractivity contribution in [2.75, 3.05) is 27.9 Å². The summed E-state index contributed by atoms with van der Waals surface area (Å²) in [6.45, 7) is 0.431. The van der Waals surface area contributed by atoms with Gasteiger partial charge < -0.3 is 28.1 Å². The van der Waals surface area contributed by atoms with Crippen molar-refractivity contribution in [3.8, 4) is 23.0 Å². The average molecular weight is 368 g/mol. The van der Waals surface area contributed by atoms with Crippen molar-refractivity contribution in [3.63, 3.8) is 0 Å². The summed E-state index contributed by atoms with van der Waals surface area (Å²) < 4.78 is 34.8. The van der Waals surface area contributed by atoms with Gasteiger partial charge >= 0.3 is 0 Å². The molecule has 3 aromatic rings. The van der Waals surface area contributed by atoms with Gasteiger partial charge in [0.1, 0.15) is 29.8 Å². The third-order valence-electron chi connectivity index (χ3n) is 5.45. The first-order chi connectivity index (χ1) is 13.2. The van der Waals surface area contributed by atoms with Crippen molar-refractivity contribution in [1.82, 2.24) is 0 Å². The fourth-order valence-electron chi connectivity index (χ4n) is 4.21. The molecule has 0 saturated heterocycles. The molecule has 0 amide bonds. The van der Waals surface area contributed by atoms with Crippen molar-refractivity contribution in [3.05, 3.63) is 47.7 Å². The highest BCUT2D eigenvalue weighted by atomic mass is 16.5. The Morgan fingerprint density at radius 3 is 2.56 bits per heavy atom. The fourth-order valence-corrected chi connectivity index (χ4v) is 4.21. The zero-order valence-electron chi connectivity index (χ0n) is 15.4. The Bertz CT molecular complexity index is 1010. The average Bonchev–Trinajstić information content (AvgIpc) is 3.20. The zero-order valence-corrected chi connectivity index (χ0v) is 15.4. The Morgan fingerprint density at radius 2 is 1.78 bits per heavy atom. The van der Waals surface area contributed by atoms with E-state index in [1.165, 1.54) is 0 Å². The van der Waals surface area contributed by atoms with E-state index in [9.17, 15) is 0 Å². The second-order valence-corrected chi connectivity index (χ2v) is 6.71. The highest BCUT2D eigenvalue weighted by Gasteiger charge is 2.45. The zero-order chi connectivity index (χ0) is 18.5. The predicted molar refractivity (Wildman–Crippen MR) is 98.2 cm³/mol. The van der Waals surface area contributed by atoms with Crippen LogP contribution in [0.1, 0.15) is 23.1 Å². The van der Waals surface area contributed by atoms with Crippen molar-refractivity contribution in [1.29, 1.82) is 0 Å². The molecule has 6 heteroatoms. The SMILES string of the molecule is COc1cc2c(cc1OC)[C@H]1[C@H](OC)c3ccc4occc4c3O[C@@H]1CO2. The van der Waals surface area contributed by atoms with Crippen LogP contribution >= 0.6 is 0 Å². The summed E-state index contributed by atoms with van der Waals surface area (Å²) in [4.78, 5) is 0. The van der Waals surface area contributed by atoms with Crippen LogP contribution < -0.4 is 18.9 Å². The second kappa shape index (κ2) is 6.09. The molecule has 0 unspecified atom stereocenters. The van der Waals surface area contributed by atoms with Crippen LogP contribution in [0.25, 0.3) is 11.0 Å². The summed E-state index contributed by atoms with van der Waals surface area (Å²) in [6, 6.07) is 9.72. The first kappa shape index (κ1) is 16.3. The maximum Gasteiger partial charge on any atom is 0.164 e. The van der Waals surface area contributed by atoms with Gasteiger partial charge in [-0.15, -0.1) is 0 Å². The quantitative estimate of drug-likeness (QED) is 0.694. The molecular formula is C21H20O6. The van der Waals surface area contributed by atoms with E-state index in [2.05, 4.69) is 0 Å². The maximum atomic E-state index is 6.39. The number of fused-ring (bicyclic) bond motifs is 6. The van der Waals surface area contributed by atoms with Gasteiger partial charge in [0.15, 0.2) is 11.5 Å². The Balaban J connectivity index is 1.68. The topological polar surface area (TPSA) is 59.3 Å². The van der Waals surface area contributed by atoms with Gasteiger partial charge in [-0.25, -0.2) is 0 Å². The van der Waals surface area contributed by atoms with Gasteiger partial charge in [-0.05, 0) is 24.3 Å². The molecule has 0 fully saturated rings. The first-order valence-corrected chi connectivity index (χ1v) is 8.83. The highest BCUT2D eigenvalue weighted by molar-refractivity contribution is 5.86. The Kier molecular flexibility index (Phi) is 3.68. The monoisotopic (exact) mass is 368 g/mol. The lowest BCUT2D eigenvalue weighted by atomic mass is 9.80. The van der Waals surface area contributed by atoms with E-state index < -0.39 is 0 Å². The summed E-state index contributed by atoms with van der Waals surface area (Å²) >= 11 is 0. The molecule has 1 aromatic heterocycles. The number of benzene rings is 2. The van der Waals surface area contributed by atoms with E-state index >= 15 is 0 Å². The van der Waals surface area contributed by atoms with E-state index in [4.69, 9.17) is 28.1 Å². The van der Waals surface area contributed by atoms with Crippen LogP contribution in [0.2, 0.25) is 0 Å². The van der Waals surface area contributed by atoms with Crippen LogP contribution in [0.15, 0.2) is 41.0 Å².